The summed E-state index contributed by atoms with van der Waals surface area (Å²) in [6.07, 6.45) is 0.841. The van der Waals surface area contributed by atoms with Crippen LogP contribution in [0.15, 0.2) is 42.0 Å². The minimum absolute atomic E-state index is 0.0104. The second kappa shape index (κ2) is 7.87. The van der Waals surface area contributed by atoms with Gasteiger partial charge in [0.1, 0.15) is 12.7 Å². The van der Waals surface area contributed by atoms with Crippen LogP contribution >= 0.6 is 0 Å². The number of ether oxygens (including phenoxy) is 3. The van der Waals surface area contributed by atoms with E-state index in [1.807, 2.05) is 30.3 Å². The molecule has 1 unspecified atom stereocenters. The SMILES string of the molecule is CCOC(=O)/C(C)=C/CC1O[C@H](c2ccccc2)OCC1=O. The number of hydrogen-bond donors (Lipinski definition) is 0. The molecule has 0 radical (unpaired) electrons. The highest BCUT2D eigenvalue weighted by atomic mass is 16.7. The van der Waals surface area contributed by atoms with Crippen LogP contribution in [0.2, 0.25) is 0 Å². The maximum absolute atomic E-state index is 11.9. The van der Waals surface area contributed by atoms with Gasteiger partial charge in [-0.3, -0.25) is 4.79 Å². The molecule has 5 heteroatoms. The molecular formula is C17H20O5. The van der Waals surface area contributed by atoms with Gasteiger partial charge in [-0.15, -0.1) is 0 Å². The normalized spacial score (nSPS) is 22.5. The van der Waals surface area contributed by atoms with Crippen LogP contribution in [-0.4, -0.2) is 31.1 Å². The Labute approximate surface area is 129 Å². The number of Topliss-reactive ketones (excluding diaryl/α,β-unsaturated/α-hetero) is 1. The van der Waals surface area contributed by atoms with Crippen molar-refractivity contribution in [3.8, 4) is 0 Å². The van der Waals surface area contributed by atoms with Crippen molar-refractivity contribution in [2.75, 3.05) is 13.2 Å². The highest BCUT2D eigenvalue weighted by molar-refractivity contribution is 5.88. The fraction of sp³-hybridized carbons (Fsp3) is 0.412. The number of hydrogen-bond acceptors (Lipinski definition) is 5. The average Bonchev–Trinajstić information content (AvgIpc) is 2.55. The van der Waals surface area contributed by atoms with Gasteiger partial charge < -0.3 is 14.2 Å². The van der Waals surface area contributed by atoms with E-state index >= 15 is 0 Å². The van der Waals surface area contributed by atoms with E-state index in [-0.39, 0.29) is 18.4 Å². The van der Waals surface area contributed by atoms with Crippen LogP contribution in [0.5, 0.6) is 0 Å². The molecule has 1 aromatic carbocycles. The Bertz CT molecular complexity index is 549. The minimum atomic E-state index is -0.608. The van der Waals surface area contributed by atoms with Crippen molar-refractivity contribution >= 4 is 11.8 Å². The van der Waals surface area contributed by atoms with Crippen molar-refractivity contribution < 1.29 is 23.8 Å². The quantitative estimate of drug-likeness (QED) is 0.618. The van der Waals surface area contributed by atoms with E-state index in [4.69, 9.17) is 14.2 Å². The summed E-state index contributed by atoms with van der Waals surface area (Å²) in [6.45, 7) is 3.75. The lowest BCUT2D eigenvalue weighted by molar-refractivity contribution is -0.211. The molecule has 1 fully saturated rings. The van der Waals surface area contributed by atoms with E-state index in [0.29, 0.717) is 18.6 Å². The highest BCUT2D eigenvalue weighted by Crippen LogP contribution is 2.26. The Balaban J connectivity index is 1.99. The number of carbonyl (C=O) groups is 2. The molecule has 0 aliphatic carbocycles. The molecule has 1 aliphatic heterocycles. The van der Waals surface area contributed by atoms with Crippen LogP contribution in [0.4, 0.5) is 0 Å². The van der Waals surface area contributed by atoms with Crippen LogP contribution in [-0.2, 0) is 23.8 Å². The number of rotatable bonds is 5. The number of esters is 1. The van der Waals surface area contributed by atoms with E-state index in [9.17, 15) is 9.59 Å². The summed E-state index contributed by atoms with van der Waals surface area (Å²) in [5, 5.41) is 0. The minimum Gasteiger partial charge on any atom is -0.463 e. The molecule has 1 aliphatic rings. The van der Waals surface area contributed by atoms with Gasteiger partial charge in [0.25, 0.3) is 0 Å². The molecule has 2 atom stereocenters. The van der Waals surface area contributed by atoms with Gasteiger partial charge in [-0.25, -0.2) is 4.79 Å². The molecule has 1 saturated heterocycles. The molecule has 1 aromatic rings. The molecular weight excluding hydrogens is 284 g/mol. The summed E-state index contributed by atoms with van der Waals surface area (Å²) < 4.78 is 16.0. The first kappa shape index (κ1) is 16.4. The van der Waals surface area contributed by atoms with Crippen LogP contribution in [0.3, 0.4) is 0 Å². The van der Waals surface area contributed by atoms with Gasteiger partial charge in [-0.05, 0) is 20.3 Å². The molecule has 0 amide bonds. The largest absolute Gasteiger partial charge is 0.463 e. The zero-order valence-electron chi connectivity index (χ0n) is 12.8. The topological polar surface area (TPSA) is 61.8 Å². The summed E-state index contributed by atoms with van der Waals surface area (Å²) in [6, 6.07) is 9.45. The third-order valence-electron chi connectivity index (χ3n) is 3.33. The Morgan fingerprint density at radius 3 is 2.77 bits per heavy atom. The fourth-order valence-corrected chi connectivity index (χ4v) is 2.10. The molecule has 0 N–H and O–H groups in total. The second-order valence-corrected chi connectivity index (χ2v) is 4.99. The monoisotopic (exact) mass is 304 g/mol. The molecule has 0 aromatic heterocycles. The molecule has 118 valence electrons. The number of benzene rings is 1. The number of ketones is 1. The summed E-state index contributed by atoms with van der Waals surface area (Å²) >= 11 is 0. The maximum atomic E-state index is 11.9. The van der Waals surface area contributed by atoms with Crippen molar-refractivity contribution in [2.24, 2.45) is 0 Å². The smallest absolute Gasteiger partial charge is 0.333 e. The van der Waals surface area contributed by atoms with E-state index in [2.05, 4.69) is 0 Å². The van der Waals surface area contributed by atoms with Crippen molar-refractivity contribution in [1.82, 2.24) is 0 Å². The van der Waals surface area contributed by atoms with Gasteiger partial charge in [-0.2, -0.15) is 0 Å². The second-order valence-electron chi connectivity index (χ2n) is 4.99. The van der Waals surface area contributed by atoms with Crippen LogP contribution < -0.4 is 0 Å². The van der Waals surface area contributed by atoms with Gasteiger partial charge in [0.15, 0.2) is 12.1 Å². The van der Waals surface area contributed by atoms with E-state index in [1.165, 1.54) is 0 Å². The van der Waals surface area contributed by atoms with Crippen molar-refractivity contribution in [3.63, 3.8) is 0 Å². The van der Waals surface area contributed by atoms with Crippen molar-refractivity contribution in [2.45, 2.75) is 32.7 Å². The van der Waals surface area contributed by atoms with Gasteiger partial charge in [0, 0.05) is 11.1 Å². The molecule has 5 nitrogen and oxygen atoms in total. The van der Waals surface area contributed by atoms with E-state index < -0.39 is 12.4 Å². The Morgan fingerprint density at radius 1 is 1.36 bits per heavy atom. The van der Waals surface area contributed by atoms with E-state index in [1.54, 1.807) is 19.9 Å². The Kier molecular flexibility index (Phi) is 5.86. The summed E-state index contributed by atoms with van der Waals surface area (Å²) in [5.74, 6) is -0.498. The molecule has 1 heterocycles. The van der Waals surface area contributed by atoms with Gasteiger partial charge in [0.2, 0.25) is 0 Å². The lowest BCUT2D eigenvalue weighted by atomic mass is 10.1. The first-order valence-corrected chi connectivity index (χ1v) is 7.30. The lowest BCUT2D eigenvalue weighted by Crippen LogP contribution is -2.36. The maximum Gasteiger partial charge on any atom is 0.333 e. The Hall–Kier alpha value is -1.98. The van der Waals surface area contributed by atoms with Gasteiger partial charge in [-0.1, -0.05) is 36.4 Å². The predicted octanol–water partition coefficient (Wildman–Crippen LogP) is 2.57. The van der Waals surface area contributed by atoms with Gasteiger partial charge >= 0.3 is 5.97 Å². The summed E-state index contributed by atoms with van der Waals surface area (Å²) in [5.41, 5.74) is 1.34. The summed E-state index contributed by atoms with van der Waals surface area (Å²) in [7, 11) is 0. The third-order valence-corrected chi connectivity index (χ3v) is 3.33. The van der Waals surface area contributed by atoms with Crippen LogP contribution in [0.25, 0.3) is 0 Å². The highest BCUT2D eigenvalue weighted by Gasteiger charge is 2.30. The zero-order chi connectivity index (χ0) is 15.9. The molecule has 0 bridgehead atoms. The Morgan fingerprint density at radius 2 is 2.09 bits per heavy atom. The first-order valence-electron chi connectivity index (χ1n) is 7.30. The van der Waals surface area contributed by atoms with Crippen molar-refractivity contribution in [1.29, 1.82) is 0 Å². The molecule has 2 rings (SSSR count). The average molecular weight is 304 g/mol. The van der Waals surface area contributed by atoms with E-state index in [0.717, 1.165) is 5.56 Å². The zero-order valence-corrected chi connectivity index (χ0v) is 12.8. The molecule has 22 heavy (non-hydrogen) atoms. The predicted molar refractivity (Wildman–Crippen MR) is 80.0 cm³/mol. The first-order chi connectivity index (χ1) is 10.6. The summed E-state index contributed by atoms with van der Waals surface area (Å²) in [4.78, 5) is 23.4. The van der Waals surface area contributed by atoms with Crippen molar-refractivity contribution in [3.05, 3.63) is 47.5 Å². The van der Waals surface area contributed by atoms with Gasteiger partial charge in [0.05, 0.1) is 6.61 Å². The van der Waals surface area contributed by atoms with Crippen LogP contribution in [0, 0.1) is 0 Å². The molecule has 0 saturated carbocycles. The molecule has 0 spiro atoms. The van der Waals surface area contributed by atoms with Crippen LogP contribution in [0.1, 0.15) is 32.1 Å². The standard InChI is InChI=1S/C17H20O5/c1-3-20-16(19)12(2)9-10-15-14(18)11-21-17(22-15)13-7-5-4-6-8-13/h4-9,15,17H,3,10-11H2,1-2H3/b12-9+/t15?,17-/m1/s1. The lowest BCUT2D eigenvalue weighted by Gasteiger charge is -2.29. The number of carbonyl (C=O) groups excluding carboxylic acids is 2. The fourth-order valence-electron chi connectivity index (χ4n) is 2.10. The third kappa shape index (κ3) is 4.26.